The molecule has 0 amide bonds. The predicted molar refractivity (Wildman–Crippen MR) is 75.8 cm³/mol. The summed E-state index contributed by atoms with van der Waals surface area (Å²) in [7, 11) is 0. The third kappa shape index (κ3) is 2.56. The zero-order valence-electron chi connectivity index (χ0n) is 9.12. The molecule has 0 radical (unpaired) electrons. The second kappa shape index (κ2) is 5.50. The molecule has 0 bridgehead atoms. The molecule has 0 aliphatic rings. The largest absolute Gasteiger partial charge is 0.267 e. The third-order valence-electron chi connectivity index (χ3n) is 2.33. The highest BCUT2D eigenvalue weighted by Crippen LogP contribution is 2.32. The van der Waals surface area contributed by atoms with Crippen molar-refractivity contribution in [3.8, 4) is 5.69 Å². The van der Waals surface area contributed by atoms with Crippen molar-refractivity contribution in [3.05, 3.63) is 38.3 Å². The Kier molecular flexibility index (Phi) is 4.22. The van der Waals surface area contributed by atoms with E-state index in [9.17, 15) is 0 Å². The van der Waals surface area contributed by atoms with Crippen LogP contribution >= 0.6 is 43.5 Å². The van der Waals surface area contributed by atoms with E-state index in [0.717, 1.165) is 33.3 Å². The summed E-state index contributed by atoms with van der Waals surface area (Å²) in [5.74, 6) is 0.866. The molecule has 0 fully saturated rings. The first-order valence-corrected chi connectivity index (χ1v) is 7.15. The number of nitrogens with zero attached hydrogens (tertiary/aromatic N) is 3. The third-order valence-corrected chi connectivity index (χ3v) is 3.85. The van der Waals surface area contributed by atoms with Crippen molar-refractivity contribution in [2.45, 2.75) is 19.8 Å². The van der Waals surface area contributed by atoms with Gasteiger partial charge in [-0.3, -0.25) is 4.57 Å². The zero-order chi connectivity index (χ0) is 12.4. The van der Waals surface area contributed by atoms with Gasteiger partial charge in [0.15, 0.2) is 0 Å². The van der Waals surface area contributed by atoms with E-state index in [1.165, 1.54) is 0 Å². The summed E-state index contributed by atoms with van der Waals surface area (Å²) in [6.07, 6.45) is 1.84. The first-order chi connectivity index (χ1) is 8.15. The maximum Gasteiger partial charge on any atom is 0.229 e. The molecular weight excluding hydrogens is 369 g/mol. The number of aromatic nitrogens is 3. The van der Waals surface area contributed by atoms with Crippen LogP contribution < -0.4 is 0 Å². The fraction of sp³-hybridized carbons (Fsp3) is 0.273. The molecule has 1 aromatic heterocycles. The summed E-state index contributed by atoms with van der Waals surface area (Å²) >= 11 is 13.2. The molecule has 2 rings (SSSR count). The molecule has 0 aliphatic carbocycles. The number of para-hydroxylation sites is 1. The van der Waals surface area contributed by atoms with Gasteiger partial charge in [-0.1, -0.05) is 13.0 Å². The van der Waals surface area contributed by atoms with Gasteiger partial charge in [-0.2, -0.15) is 0 Å². The number of hydrogen-bond donors (Lipinski definition) is 0. The van der Waals surface area contributed by atoms with Crippen LogP contribution in [0, 0.1) is 0 Å². The van der Waals surface area contributed by atoms with Gasteiger partial charge in [-0.05, 0) is 62.0 Å². The molecule has 2 aromatic rings. The Bertz CT molecular complexity index is 519. The van der Waals surface area contributed by atoms with Crippen molar-refractivity contribution in [2.75, 3.05) is 0 Å². The van der Waals surface area contributed by atoms with E-state index in [-0.39, 0.29) is 0 Å². The highest BCUT2D eigenvalue weighted by Gasteiger charge is 2.16. The minimum absolute atomic E-state index is 0.376. The van der Waals surface area contributed by atoms with E-state index >= 15 is 0 Å². The van der Waals surface area contributed by atoms with E-state index in [1.54, 1.807) is 0 Å². The number of aryl methyl sites for hydroxylation is 1. The number of halogens is 3. The smallest absolute Gasteiger partial charge is 0.229 e. The quantitative estimate of drug-likeness (QED) is 0.791. The molecule has 0 unspecified atom stereocenters. The van der Waals surface area contributed by atoms with Crippen LogP contribution in [0.4, 0.5) is 0 Å². The SMILES string of the molecule is CCCc1nnc(Cl)n1-c1c(Br)cccc1Br. The summed E-state index contributed by atoms with van der Waals surface area (Å²) in [5, 5.41) is 8.41. The van der Waals surface area contributed by atoms with E-state index < -0.39 is 0 Å². The van der Waals surface area contributed by atoms with Crippen LogP contribution in [0.1, 0.15) is 19.2 Å². The fourth-order valence-electron chi connectivity index (χ4n) is 1.60. The fourth-order valence-corrected chi connectivity index (χ4v) is 3.18. The number of hydrogen-bond acceptors (Lipinski definition) is 2. The van der Waals surface area contributed by atoms with Crippen molar-refractivity contribution in [3.63, 3.8) is 0 Å². The molecule has 90 valence electrons. The van der Waals surface area contributed by atoms with Gasteiger partial charge in [0.1, 0.15) is 5.82 Å². The maximum absolute atomic E-state index is 6.11. The Morgan fingerprint density at radius 3 is 2.47 bits per heavy atom. The Morgan fingerprint density at radius 2 is 1.88 bits per heavy atom. The Labute approximate surface area is 121 Å². The second-order valence-electron chi connectivity index (χ2n) is 3.54. The highest BCUT2D eigenvalue weighted by molar-refractivity contribution is 9.11. The second-order valence-corrected chi connectivity index (χ2v) is 5.59. The molecular formula is C11H10Br2ClN3. The summed E-state index contributed by atoms with van der Waals surface area (Å²) in [5.41, 5.74) is 0.936. The van der Waals surface area contributed by atoms with E-state index in [4.69, 9.17) is 11.6 Å². The van der Waals surface area contributed by atoms with Crippen LogP contribution in [0.25, 0.3) is 5.69 Å². The molecule has 0 saturated heterocycles. The van der Waals surface area contributed by atoms with Crippen LogP contribution in [0.3, 0.4) is 0 Å². The molecule has 0 N–H and O–H groups in total. The molecule has 0 atom stereocenters. The average Bonchev–Trinajstić information content (AvgIpc) is 2.62. The van der Waals surface area contributed by atoms with Crippen LogP contribution in [0.2, 0.25) is 5.28 Å². The van der Waals surface area contributed by atoms with Gasteiger partial charge in [-0.25, -0.2) is 0 Å². The minimum Gasteiger partial charge on any atom is -0.267 e. The molecule has 0 saturated carbocycles. The maximum atomic E-state index is 6.11. The molecule has 3 nitrogen and oxygen atoms in total. The van der Waals surface area contributed by atoms with Crippen molar-refractivity contribution in [1.29, 1.82) is 0 Å². The molecule has 1 heterocycles. The zero-order valence-corrected chi connectivity index (χ0v) is 13.0. The lowest BCUT2D eigenvalue weighted by molar-refractivity contribution is 0.800. The normalized spacial score (nSPS) is 10.8. The monoisotopic (exact) mass is 377 g/mol. The van der Waals surface area contributed by atoms with Gasteiger partial charge in [0, 0.05) is 15.4 Å². The minimum atomic E-state index is 0.376. The molecule has 0 aliphatic heterocycles. The lowest BCUT2D eigenvalue weighted by Gasteiger charge is -2.11. The van der Waals surface area contributed by atoms with Gasteiger partial charge >= 0.3 is 0 Å². The van der Waals surface area contributed by atoms with E-state index in [1.807, 2.05) is 22.8 Å². The van der Waals surface area contributed by atoms with Gasteiger partial charge in [0.05, 0.1) is 5.69 Å². The van der Waals surface area contributed by atoms with Gasteiger partial charge < -0.3 is 0 Å². The van der Waals surface area contributed by atoms with Crippen LogP contribution in [-0.4, -0.2) is 14.8 Å². The average molecular weight is 379 g/mol. The topological polar surface area (TPSA) is 30.7 Å². The van der Waals surface area contributed by atoms with Crippen molar-refractivity contribution in [2.24, 2.45) is 0 Å². The standard InChI is InChI=1S/C11H10Br2ClN3/c1-2-4-9-15-16-11(14)17(9)10-7(12)5-3-6-8(10)13/h3,5-6H,2,4H2,1H3. The molecule has 0 spiro atoms. The van der Waals surface area contributed by atoms with Crippen LogP contribution in [0.5, 0.6) is 0 Å². The summed E-state index contributed by atoms with van der Waals surface area (Å²) in [4.78, 5) is 0. The number of rotatable bonds is 3. The first-order valence-electron chi connectivity index (χ1n) is 5.19. The molecule has 17 heavy (non-hydrogen) atoms. The number of benzene rings is 1. The lowest BCUT2D eigenvalue weighted by atomic mass is 10.3. The Hall–Kier alpha value is -0.390. The van der Waals surface area contributed by atoms with Crippen LogP contribution in [-0.2, 0) is 6.42 Å². The Morgan fingerprint density at radius 1 is 1.24 bits per heavy atom. The Balaban J connectivity index is 2.63. The predicted octanol–water partition coefficient (Wildman–Crippen LogP) is 4.40. The van der Waals surface area contributed by atoms with Gasteiger partial charge in [0.25, 0.3) is 0 Å². The lowest BCUT2D eigenvalue weighted by Crippen LogP contribution is -2.03. The van der Waals surface area contributed by atoms with Crippen molar-refractivity contribution < 1.29 is 0 Å². The van der Waals surface area contributed by atoms with E-state index in [0.29, 0.717) is 5.28 Å². The first kappa shape index (κ1) is 13.1. The van der Waals surface area contributed by atoms with Crippen LogP contribution in [0.15, 0.2) is 27.1 Å². The van der Waals surface area contributed by atoms with Crippen molar-refractivity contribution >= 4 is 43.5 Å². The molecule has 1 aromatic carbocycles. The van der Waals surface area contributed by atoms with Gasteiger partial charge in [-0.15, -0.1) is 10.2 Å². The summed E-state index contributed by atoms with van der Waals surface area (Å²) < 4.78 is 3.76. The summed E-state index contributed by atoms with van der Waals surface area (Å²) in [6.45, 7) is 2.10. The highest BCUT2D eigenvalue weighted by atomic mass is 79.9. The molecule has 6 heteroatoms. The van der Waals surface area contributed by atoms with Crippen molar-refractivity contribution in [1.82, 2.24) is 14.8 Å². The summed E-state index contributed by atoms with van der Waals surface area (Å²) in [6, 6.07) is 5.88. The van der Waals surface area contributed by atoms with Gasteiger partial charge in [0.2, 0.25) is 5.28 Å². The van der Waals surface area contributed by atoms with E-state index in [2.05, 4.69) is 49.0 Å².